The molecule has 0 spiro atoms. The van der Waals surface area contributed by atoms with Crippen molar-refractivity contribution < 1.29 is 17.6 Å². The van der Waals surface area contributed by atoms with Crippen molar-refractivity contribution >= 4 is 21.6 Å². The lowest BCUT2D eigenvalue weighted by Crippen LogP contribution is -2.49. The highest BCUT2D eigenvalue weighted by atomic mass is 32.2. The average Bonchev–Trinajstić information content (AvgIpc) is 2.88. The van der Waals surface area contributed by atoms with Crippen LogP contribution in [0.1, 0.15) is 48.9 Å². The monoisotopic (exact) mass is 485 g/mol. The van der Waals surface area contributed by atoms with Crippen LogP contribution in [0.15, 0.2) is 53.4 Å². The molecular formula is C26H32FN3O3S. The minimum absolute atomic E-state index is 0.0465. The molecule has 2 aromatic carbocycles. The summed E-state index contributed by atoms with van der Waals surface area (Å²) in [6.07, 6.45) is 6.84. The van der Waals surface area contributed by atoms with Gasteiger partial charge in [0.05, 0.1) is 4.90 Å². The number of likely N-dealkylation sites (tertiary alicyclic amines) is 1. The first-order valence-electron chi connectivity index (χ1n) is 12.4. The van der Waals surface area contributed by atoms with E-state index in [9.17, 15) is 17.6 Å². The van der Waals surface area contributed by atoms with Gasteiger partial charge in [0.25, 0.3) is 5.91 Å². The van der Waals surface area contributed by atoms with Crippen molar-refractivity contribution in [2.45, 2.75) is 49.5 Å². The van der Waals surface area contributed by atoms with Crippen molar-refractivity contribution in [3.05, 3.63) is 59.9 Å². The summed E-state index contributed by atoms with van der Waals surface area (Å²) in [4.78, 5) is 17.6. The standard InChI is InChI=1S/C26H32FN3O3S/c27-22-10-12-23(13-11-22)28-15-17-29(18-16-28)34(32,33)24-8-3-6-21(19-24)26(31)30-14-4-7-20-5-1-2-9-25(20)30/h3,6,8,10-13,19-20,25H,1-2,4-5,7,9,14-18H2/t20-,25+/m0/s1. The molecule has 3 fully saturated rings. The van der Waals surface area contributed by atoms with Gasteiger partial charge in [-0.15, -0.1) is 0 Å². The van der Waals surface area contributed by atoms with Crippen LogP contribution in [-0.4, -0.2) is 62.3 Å². The van der Waals surface area contributed by atoms with Gasteiger partial charge in [0, 0.05) is 50.0 Å². The number of halogens is 1. The lowest BCUT2D eigenvalue weighted by molar-refractivity contribution is 0.0390. The number of piperidine rings is 1. The highest BCUT2D eigenvalue weighted by Gasteiger charge is 2.36. The second-order valence-corrected chi connectivity index (χ2v) is 11.6. The van der Waals surface area contributed by atoms with Crippen molar-refractivity contribution in [2.75, 3.05) is 37.6 Å². The Kier molecular flexibility index (Phi) is 6.62. The minimum Gasteiger partial charge on any atom is -0.369 e. The third-order valence-corrected chi connectivity index (χ3v) is 9.55. The van der Waals surface area contributed by atoms with Crippen LogP contribution < -0.4 is 4.90 Å². The molecule has 1 saturated carbocycles. The Hall–Kier alpha value is -2.45. The lowest BCUT2D eigenvalue weighted by atomic mass is 9.78. The van der Waals surface area contributed by atoms with Gasteiger partial charge in [-0.3, -0.25) is 4.79 Å². The van der Waals surface area contributed by atoms with Gasteiger partial charge in [-0.05, 0) is 74.1 Å². The first-order chi connectivity index (χ1) is 16.4. The zero-order valence-corrected chi connectivity index (χ0v) is 20.2. The first kappa shape index (κ1) is 23.3. The fraction of sp³-hybridized carbons (Fsp3) is 0.500. The Morgan fingerprint density at radius 3 is 2.32 bits per heavy atom. The smallest absolute Gasteiger partial charge is 0.254 e. The molecule has 0 bridgehead atoms. The fourth-order valence-electron chi connectivity index (χ4n) is 5.82. The summed E-state index contributed by atoms with van der Waals surface area (Å²) in [6, 6.07) is 13.1. The molecule has 1 aliphatic carbocycles. The number of sulfonamides is 1. The second kappa shape index (κ2) is 9.66. The maximum atomic E-state index is 13.4. The summed E-state index contributed by atoms with van der Waals surface area (Å²) < 4.78 is 41.5. The van der Waals surface area contributed by atoms with Crippen LogP contribution in [0.25, 0.3) is 0 Å². The fourth-order valence-corrected chi connectivity index (χ4v) is 7.29. The maximum absolute atomic E-state index is 13.4. The van der Waals surface area contributed by atoms with E-state index < -0.39 is 10.0 Å². The molecule has 1 amide bonds. The molecule has 182 valence electrons. The van der Waals surface area contributed by atoms with Crippen molar-refractivity contribution in [1.82, 2.24) is 9.21 Å². The number of carbonyl (C=O) groups excluding carboxylic acids is 1. The predicted octanol–water partition coefficient (Wildman–Crippen LogP) is 4.13. The van der Waals surface area contributed by atoms with Crippen LogP contribution in [0.3, 0.4) is 0 Å². The molecule has 2 atom stereocenters. The van der Waals surface area contributed by atoms with E-state index in [1.165, 1.54) is 35.7 Å². The average molecular weight is 486 g/mol. The van der Waals surface area contributed by atoms with E-state index in [0.29, 0.717) is 37.7 Å². The molecule has 0 aromatic heterocycles. The molecule has 2 heterocycles. The number of amides is 1. The number of piperazine rings is 1. The molecule has 2 saturated heterocycles. The summed E-state index contributed by atoms with van der Waals surface area (Å²) in [5.74, 6) is 0.244. The van der Waals surface area contributed by atoms with E-state index in [1.54, 1.807) is 36.4 Å². The third-order valence-electron chi connectivity index (χ3n) is 7.65. The van der Waals surface area contributed by atoms with Gasteiger partial charge in [0.2, 0.25) is 10.0 Å². The quantitative estimate of drug-likeness (QED) is 0.653. The van der Waals surface area contributed by atoms with E-state index in [1.807, 2.05) is 4.90 Å². The SMILES string of the molecule is O=C(c1cccc(S(=O)(=O)N2CCN(c3ccc(F)cc3)CC2)c1)N1CCC[C@@H]2CCCC[C@H]21. The molecule has 34 heavy (non-hydrogen) atoms. The maximum Gasteiger partial charge on any atom is 0.254 e. The molecule has 2 aromatic rings. The number of fused-ring (bicyclic) bond motifs is 1. The van der Waals surface area contributed by atoms with Gasteiger partial charge in [0.15, 0.2) is 0 Å². The van der Waals surface area contributed by atoms with Crippen LogP contribution in [0, 0.1) is 11.7 Å². The van der Waals surface area contributed by atoms with Crippen LogP contribution in [0.5, 0.6) is 0 Å². The molecule has 0 N–H and O–H groups in total. The Morgan fingerprint density at radius 2 is 1.56 bits per heavy atom. The predicted molar refractivity (Wildman–Crippen MR) is 130 cm³/mol. The molecule has 8 heteroatoms. The highest BCUT2D eigenvalue weighted by molar-refractivity contribution is 7.89. The van der Waals surface area contributed by atoms with Crippen LogP contribution in [-0.2, 0) is 10.0 Å². The molecule has 0 unspecified atom stereocenters. The summed E-state index contributed by atoms with van der Waals surface area (Å²) >= 11 is 0. The largest absolute Gasteiger partial charge is 0.369 e. The number of anilines is 1. The Balaban J connectivity index is 1.29. The topological polar surface area (TPSA) is 60.9 Å². The van der Waals surface area contributed by atoms with Gasteiger partial charge < -0.3 is 9.80 Å². The van der Waals surface area contributed by atoms with E-state index in [0.717, 1.165) is 31.5 Å². The number of nitrogens with zero attached hydrogens (tertiary/aromatic N) is 3. The van der Waals surface area contributed by atoms with Crippen LogP contribution >= 0.6 is 0 Å². The lowest BCUT2D eigenvalue weighted by Gasteiger charge is -2.44. The van der Waals surface area contributed by atoms with Crippen molar-refractivity contribution in [1.29, 1.82) is 0 Å². The Labute approximate surface area is 201 Å². The third kappa shape index (κ3) is 4.58. The molecule has 3 aliphatic rings. The molecule has 0 radical (unpaired) electrons. The Morgan fingerprint density at radius 1 is 0.853 bits per heavy atom. The highest BCUT2D eigenvalue weighted by Crippen LogP contribution is 2.36. The van der Waals surface area contributed by atoms with E-state index in [-0.39, 0.29) is 22.7 Å². The number of benzene rings is 2. The van der Waals surface area contributed by atoms with Crippen LogP contribution in [0.4, 0.5) is 10.1 Å². The van der Waals surface area contributed by atoms with Crippen LogP contribution in [0.2, 0.25) is 0 Å². The number of rotatable bonds is 4. The van der Waals surface area contributed by atoms with E-state index in [2.05, 4.69) is 4.90 Å². The summed E-state index contributed by atoms with van der Waals surface area (Å²) in [5.41, 5.74) is 1.34. The van der Waals surface area contributed by atoms with E-state index >= 15 is 0 Å². The molecule has 5 rings (SSSR count). The van der Waals surface area contributed by atoms with Gasteiger partial charge >= 0.3 is 0 Å². The number of hydrogen-bond donors (Lipinski definition) is 0. The van der Waals surface area contributed by atoms with Crippen molar-refractivity contribution in [3.8, 4) is 0 Å². The normalized spacial score (nSPS) is 24.0. The van der Waals surface area contributed by atoms with Gasteiger partial charge in [-0.2, -0.15) is 4.31 Å². The Bertz CT molecular complexity index is 1130. The van der Waals surface area contributed by atoms with Gasteiger partial charge in [-0.25, -0.2) is 12.8 Å². The van der Waals surface area contributed by atoms with E-state index in [4.69, 9.17) is 0 Å². The first-order valence-corrected chi connectivity index (χ1v) is 13.8. The number of carbonyl (C=O) groups is 1. The number of hydrogen-bond acceptors (Lipinski definition) is 4. The minimum atomic E-state index is -3.71. The van der Waals surface area contributed by atoms with Gasteiger partial charge in [-0.1, -0.05) is 18.9 Å². The summed E-state index contributed by atoms with van der Waals surface area (Å²) in [6.45, 7) is 2.49. The second-order valence-electron chi connectivity index (χ2n) is 9.65. The van der Waals surface area contributed by atoms with Gasteiger partial charge in [0.1, 0.15) is 5.82 Å². The molecule has 6 nitrogen and oxygen atoms in total. The molecular weight excluding hydrogens is 453 g/mol. The zero-order chi connectivity index (χ0) is 23.7. The van der Waals surface area contributed by atoms with Crippen molar-refractivity contribution in [3.63, 3.8) is 0 Å². The summed E-state index contributed by atoms with van der Waals surface area (Å²) in [5, 5.41) is 0. The molecule has 2 aliphatic heterocycles. The summed E-state index contributed by atoms with van der Waals surface area (Å²) in [7, 11) is -3.71. The zero-order valence-electron chi connectivity index (χ0n) is 19.4. The van der Waals surface area contributed by atoms with Crippen molar-refractivity contribution in [2.24, 2.45) is 5.92 Å².